The molecular weight excluding hydrogens is 241 g/mol. The second-order valence-electron chi connectivity index (χ2n) is 4.82. The molecule has 0 aliphatic carbocycles. The predicted molar refractivity (Wildman–Crippen MR) is 72.7 cm³/mol. The number of hydrogen-bond acceptors (Lipinski definition) is 2. The van der Waals surface area contributed by atoms with Crippen LogP contribution in [-0.4, -0.2) is 5.78 Å². The van der Waals surface area contributed by atoms with Crippen LogP contribution in [0.2, 0.25) is 0 Å². The molecule has 0 atom stereocenters. The van der Waals surface area contributed by atoms with E-state index in [4.69, 9.17) is 0 Å². The van der Waals surface area contributed by atoms with Gasteiger partial charge in [-0.1, -0.05) is 30.3 Å². The van der Waals surface area contributed by atoms with Crippen molar-refractivity contribution in [2.75, 3.05) is 4.90 Å². The lowest BCUT2D eigenvalue weighted by molar-refractivity contribution is 0.101. The van der Waals surface area contributed by atoms with E-state index in [1.165, 1.54) is 24.1 Å². The third-order valence-corrected chi connectivity index (χ3v) is 3.52. The van der Waals surface area contributed by atoms with Gasteiger partial charge in [-0.3, -0.25) is 4.79 Å². The number of Topliss-reactive ketones (excluding diaryl/α,β-unsaturated/α-hetero) is 1. The van der Waals surface area contributed by atoms with Crippen molar-refractivity contribution in [2.24, 2.45) is 0 Å². The Kier molecular flexibility index (Phi) is 2.82. The molecule has 1 aliphatic heterocycles. The van der Waals surface area contributed by atoms with E-state index in [-0.39, 0.29) is 11.6 Å². The summed E-state index contributed by atoms with van der Waals surface area (Å²) in [6, 6.07) is 12.7. The number of para-hydroxylation sites is 1. The fourth-order valence-corrected chi connectivity index (χ4v) is 2.61. The molecule has 0 radical (unpaired) electrons. The number of hydrogen-bond donors (Lipinski definition) is 0. The summed E-state index contributed by atoms with van der Waals surface area (Å²) < 4.78 is 14.1. The second-order valence-corrected chi connectivity index (χ2v) is 4.82. The topological polar surface area (TPSA) is 20.3 Å². The number of carbonyl (C=O) groups excluding carboxylic acids is 1. The molecule has 0 saturated carbocycles. The van der Waals surface area contributed by atoms with E-state index in [0.717, 1.165) is 0 Å². The van der Waals surface area contributed by atoms with Crippen LogP contribution in [0.3, 0.4) is 0 Å². The third kappa shape index (κ3) is 2.01. The standard InChI is InChI=1S/C16H14FNO/c1-11(19)14-7-4-8-15(17)16(14)18-9-12-5-2-3-6-13(12)10-18/h2-8H,9-10H2,1H3. The first-order valence-corrected chi connectivity index (χ1v) is 6.28. The maximum atomic E-state index is 14.1. The van der Waals surface area contributed by atoms with Gasteiger partial charge in [0.15, 0.2) is 5.78 Å². The van der Waals surface area contributed by atoms with Crippen LogP contribution in [0.5, 0.6) is 0 Å². The van der Waals surface area contributed by atoms with Gasteiger partial charge < -0.3 is 4.90 Å². The van der Waals surface area contributed by atoms with Gasteiger partial charge in [0, 0.05) is 18.7 Å². The van der Waals surface area contributed by atoms with Crippen molar-refractivity contribution >= 4 is 11.5 Å². The molecule has 0 amide bonds. The lowest BCUT2D eigenvalue weighted by atomic mass is 10.1. The Morgan fingerprint density at radius 3 is 2.26 bits per heavy atom. The molecule has 19 heavy (non-hydrogen) atoms. The first-order valence-electron chi connectivity index (χ1n) is 6.28. The minimum Gasteiger partial charge on any atom is -0.360 e. The number of halogens is 1. The highest BCUT2D eigenvalue weighted by molar-refractivity contribution is 5.99. The van der Waals surface area contributed by atoms with Gasteiger partial charge in [0.05, 0.1) is 5.69 Å². The van der Waals surface area contributed by atoms with Gasteiger partial charge in [-0.2, -0.15) is 0 Å². The van der Waals surface area contributed by atoms with Gasteiger partial charge in [-0.05, 0) is 30.2 Å². The van der Waals surface area contributed by atoms with Crippen molar-refractivity contribution in [1.29, 1.82) is 0 Å². The van der Waals surface area contributed by atoms with Gasteiger partial charge in [0.1, 0.15) is 5.82 Å². The number of nitrogens with zero attached hydrogens (tertiary/aromatic N) is 1. The molecule has 3 rings (SSSR count). The Morgan fingerprint density at radius 1 is 1.05 bits per heavy atom. The molecule has 96 valence electrons. The first-order chi connectivity index (χ1) is 9.16. The summed E-state index contributed by atoms with van der Waals surface area (Å²) >= 11 is 0. The molecule has 1 aliphatic rings. The molecule has 1 heterocycles. The number of fused-ring (bicyclic) bond motifs is 1. The maximum absolute atomic E-state index is 14.1. The lowest BCUT2D eigenvalue weighted by Gasteiger charge is -2.21. The molecule has 3 heteroatoms. The summed E-state index contributed by atoms with van der Waals surface area (Å²) in [6.07, 6.45) is 0. The Labute approximate surface area is 111 Å². The Bertz CT molecular complexity index is 626. The molecule has 0 N–H and O–H groups in total. The quantitative estimate of drug-likeness (QED) is 0.765. The average Bonchev–Trinajstić information content (AvgIpc) is 2.81. The van der Waals surface area contributed by atoms with E-state index in [0.29, 0.717) is 24.3 Å². The largest absolute Gasteiger partial charge is 0.360 e. The van der Waals surface area contributed by atoms with Crippen molar-refractivity contribution in [3.63, 3.8) is 0 Å². The molecule has 2 aromatic rings. The van der Waals surface area contributed by atoms with Crippen LogP contribution in [0.1, 0.15) is 28.4 Å². The predicted octanol–water partition coefficient (Wildman–Crippen LogP) is 3.55. The summed E-state index contributed by atoms with van der Waals surface area (Å²) in [6.45, 7) is 2.77. The molecule has 0 spiro atoms. The normalized spacial score (nSPS) is 13.5. The van der Waals surface area contributed by atoms with E-state index in [2.05, 4.69) is 0 Å². The van der Waals surface area contributed by atoms with E-state index in [1.54, 1.807) is 12.1 Å². The van der Waals surface area contributed by atoms with Crippen molar-refractivity contribution in [1.82, 2.24) is 0 Å². The van der Waals surface area contributed by atoms with Gasteiger partial charge in [0.2, 0.25) is 0 Å². The van der Waals surface area contributed by atoms with Gasteiger partial charge in [-0.25, -0.2) is 4.39 Å². The molecule has 0 aromatic heterocycles. The van der Waals surface area contributed by atoms with Gasteiger partial charge in [0.25, 0.3) is 0 Å². The van der Waals surface area contributed by atoms with Crippen LogP contribution >= 0.6 is 0 Å². The van der Waals surface area contributed by atoms with E-state index < -0.39 is 0 Å². The Morgan fingerprint density at radius 2 is 1.68 bits per heavy atom. The summed E-state index contributed by atoms with van der Waals surface area (Å²) in [5.41, 5.74) is 3.26. The highest BCUT2D eigenvalue weighted by Crippen LogP contribution is 2.32. The monoisotopic (exact) mass is 255 g/mol. The third-order valence-electron chi connectivity index (χ3n) is 3.52. The first kappa shape index (κ1) is 11.9. The fourth-order valence-electron chi connectivity index (χ4n) is 2.61. The molecule has 2 aromatic carbocycles. The number of rotatable bonds is 2. The Hall–Kier alpha value is -2.16. The number of anilines is 1. The zero-order valence-corrected chi connectivity index (χ0v) is 10.7. The highest BCUT2D eigenvalue weighted by atomic mass is 19.1. The van der Waals surface area contributed by atoms with Crippen LogP contribution in [0.15, 0.2) is 42.5 Å². The smallest absolute Gasteiger partial charge is 0.161 e. The van der Waals surface area contributed by atoms with Gasteiger partial charge >= 0.3 is 0 Å². The minimum absolute atomic E-state index is 0.106. The SMILES string of the molecule is CC(=O)c1cccc(F)c1N1Cc2ccccc2C1. The van der Waals surface area contributed by atoms with Gasteiger partial charge in [-0.15, -0.1) is 0 Å². The lowest BCUT2D eigenvalue weighted by Crippen LogP contribution is -2.19. The fraction of sp³-hybridized carbons (Fsp3) is 0.188. The van der Waals surface area contributed by atoms with E-state index >= 15 is 0 Å². The maximum Gasteiger partial charge on any atom is 0.161 e. The molecule has 2 nitrogen and oxygen atoms in total. The summed E-state index contributed by atoms with van der Waals surface area (Å²) in [5, 5.41) is 0. The molecular formula is C16H14FNO. The van der Waals surface area contributed by atoms with Crippen LogP contribution in [0, 0.1) is 5.82 Å². The van der Waals surface area contributed by atoms with Crippen molar-refractivity contribution in [3.05, 3.63) is 65.0 Å². The van der Waals surface area contributed by atoms with Crippen LogP contribution in [-0.2, 0) is 13.1 Å². The zero-order chi connectivity index (χ0) is 13.4. The van der Waals surface area contributed by atoms with Crippen molar-refractivity contribution < 1.29 is 9.18 Å². The van der Waals surface area contributed by atoms with E-state index in [9.17, 15) is 9.18 Å². The van der Waals surface area contributed by atoms with Crippen LogP contribution < -0.4 is 4.90 Å². The second kappa shape index (κ2) is 4.50. The molecule has 0 unspecified atom stereocenters. The van der Waals surface area contributed by atoms with Crippen molar-refractivity contribution in [2.45, 2.75) is 20.0 Å². The summed E-state index contributed by atoms with van der Waals surface area (Å²) in [7, 11) is 0. The molecule has 0 saturated heterocycles. The minimum atomic E-state index is -0.333. The summed E-state index contributed by atoms with van der Waals surface area (Å²) in [5.74, 6) is -0.439. The average molecular weight is 255 g/mol. The van der Waals surface area contributed by atoms with Crippen LogP contribution in [0.4, 0.5) is 10.1 Å². The summed E-state index contributed by atoms with van der Waals surface area (Å²) in [4.78, 5) is 13.6. The zero-order valence-electron chi connectivity index (χ0n) is 10.7. The van der Waals surface area contributed by atoms with Crippen LogP contribution in [0.25, 0.3) is 0 Å². The number of carbonyl (C=O) groups is 1. The molecule has 0 fully saturated rings. The molecule has 0 bridgehead atoms. The van der Waals surface area contributed by atoms with E-state index in [1.807, 2.05) is 29.2 Å². The Balaban J connectivity index is 2.04. The van der Waals surface area contributed by atoms with Crippen molar-refractivity contribution in [3.8, 4) is 0 Å². The number of benzene rings is 2. The number of ketones is 1. The highest BCUT2D eigenvalue weighted by Gasteiger charge is 2.24.